The van der Waals surface area contributed by atoms with E-state index in [0.29, 0.717) is 0 Å². The first kappa shape index (κ1) is 9.22. The van der Waals surface area contributed by atoms with Gasteiger partial charge in [-0.25, -0.2) is 0 Å². The molecule has 1 aromatic heterocycles. The van der Waals surface area contributed by atoms with Crippen LogP contribution in [0, 0.1) is 0 Å². The third-order valence-electron chi connectivity index (χ3n) is 1.27. The smallest absolute Gasteiger partial charge is 0.125 e. The molecular formula is C8H12N2OS. The number of hydrazone groups is 1. The lowest BCUT2D eigenvalue weighted by molar-refractivity contribution is 0.253. The standard InChI is InChI=1S/C8H12N2OS/c1-10(2)9-6-7(11)8-4-3-5-12-8/h3-7,11H,1-2H3/b9-6+. The van der Waals surface area contributed by atoms with Gasteiger partial charge in [-0.05, 0) is 11.4 Å². The molecule has 66 valence electrons. The Morgan fingerprint density at radius 3 is 2.92 bits per heavy atom. The average molecular weight is 184 g/mol. The number of nitrogens with zero attached hydrogens (tertiary/aromatic N) is 2. The van der Waals surface area contributed by atoms with Crippen LogP contribution in [0.2, 0.25) is 0 Å². The van der Waals surface area contributed by atoms with E-state index in [1.165, 1.54) is 17.6 Å². The lowest BCUT2D eigenvalue weighted by Gasteiger charge is -2.05. The molecule has 0 radical (unpaired) electrons. The molecule has 1 heterocycles. The Hall–Kier alpha value is -0.870. The second-order valence-corrected chi connectivity index (χ2v) is 3.55. The second kappa shape index (κ2) is 4.23. The van der Waals surface area contributed by atoms with Gasteiger partial charge in [0.25, 0.3) is 0 Å². The van der Waals surface area contributed by atoms with Gasteiger partial charge in [-0.2, -0.15) is 5.10 Å². The molecule has 1 unspecified atom stereocenters. The summed E-state index contributed by atoms with van der Waals surface area (Å²) in [6, 6.07) is 3.80. The molecule has 4 heteroatoms. The number of rotatable bonds is 3. The van der Waals surface area contributed by atoms with Gasteiger partial charge in [-0.3, -0.25) is 0 Å². The third-order valence-corrected chi connectivity index (χ3v) is 2.22. The van der Waals surface area contributed by atoms with Crippen LogP contribution in [-0.2, 0) is 0 Å². The zero-order valence-corrected chi connectivity index (χ0v) is 7.95. The van der Waals surface area contributed by atoms with E-state index in [4.69, 9.17) is 0 Å². The molecule has 0 saturated carbocycles. The van der Waals surface area contributed by atoms with E-state index in [2.05, 4.69) is 5.10 Å². The Bertz CT molecular complexity index is 244. The summed E-state index contributed by atoms with van der Waals surface area (Å²) < 4.78 is 0. The van der Waals surface area contributed by atoms with Gasteiger partial charge in [0.15, 0.2) is 0 Å². The number of hydrogen-bond donors (Lipinski definition) is 1. The van der Waals surface area contributed by atoms with Crippen LogP contribution in [0.4, 0.5) is 0 Å². The number of aliphatic hydroxyl groups excluding tert-OH is 1. The van der Waals surface area contributed by atoms with Crippen molar-refractivity contribution in [1.82, 2.24) is 5.01 Å². The van der Waals surface area contributed by atoms with Gasteiger partial charge in [0.1, 0.15) is 6.10 Å². The number of hydrogen-bond acceptors (Lipinski definition) is 4. The van der Waals surface area contributed by atoms with Crippen molar-refractivity contribution < 1.29 is 5.11 Å². The quantitative estimate of drug-likeness (QED) is 0.568. The van der Waals surface area contributed by atoms with Crippen molar-refractivity contribution in [2.45, 2.75) is 6.10 Å². The molecule has 1 rings (SSSR count). The lowest BCUT2D eigenvalue weighted by atomic mass is 10.3. The molecule has 0 amide bonds. The van der Waals surface area contributed by atoms with Crippen LogP contribution in [0.25, 0.3) is 0 Å². The van der Waals surface area contributed by atoms with Crippen LogP contribution in [0.5, 0.6) is 0 Å². The normalized spacial score (nSPS) is 13.6. The van der Waals surface area contributed by atoms with Crippen molar-refractivity contribution >= 4 is 17.6 Å². The molecule has 0 saturated heterocycles. The maximum atomic E-state index is 9.49. The van der Waals surface area contributed by atoms with E-state index >= 15 is 0 Å². The third kappa shape index (κ3) is 2.64. The van der Waals surface area contributed by atoms with E-state index in [0.717, 1.165) is 4.88 Å². The predicted molar refractivity (Wildman–Crippen MR) is 51.5 cm³/mol. The van der Waals surface area contributed by atoms with Crippen LogP contribution in [-0.4, -0.2) is 30.4 Å². The molecule has 1 atom stereocenters. The molecule has 0 aliphatic rings. The van der Waals surface area contributed by atoms with Crippen LogP contribution in [0.1, 0.15) is 11.0 Å². The molecule has 0 bridgehead atoms. The molecule has 0 spiro atoms. The summed E-state index contributed by atoms with van der Waals surface area (Å²) in [6.07, 6.45) is 0.943. The van der Waals surface area contributed by atoms with Crippen molar-refractivity contribution in [3.8, 4) is 0 Å². The molecule has 12 heavy (non-hydrogen) atoms. The van der Waals surface area contributed by atoms with Crippen molar-refractivity contribution in [2.24, 2.45) is 5.10 Å². The Labute approximate surface area is 76.0 Å². The lowest BCUT2D eigenvalue weighted by Crippen LogP contribution is -2.05. The molecule has 0 aromatic carbocycles. The summed E-state index contributed by atoms with van der Waals surface area (Å²) >= 11 is 1.52. The van der Waals surface area contributed by atoms with Crippen molar-refractivity contribution in [2.75, 3.05) is 14.1 Å². The highest BCUT2D eigenvalue weighted by Crippen LogP contribution is 2.16. The fraction of sp³-hybridized carbons (Fsp3) is 0.375. The van der Waals surface area contributed by atoms with Gasteiger partial charge < -0.3 is 10.1 Å². The van der Waals surface area contributed by atoms with Crippen molar-refractivity contribution in [1.29, 1.82) is 0 Å². The molecule has 0 aliphatic heterocycles. The van der Waals surface area contributed by atoms with Gasteiger partial charge in [0.05, 0.1) is 6.21 Å². The van der Waals surface area contributed by atoms with E-state index in [-0.39, 0.29) is 0 Å². The molecule has 0 aliphatic carbocycles. The zero-order chi connectivity index (χ0) is 8.97. The summed E-state index contributed by atoms with van der Waals surface area (Å²) in [5.41, 5.74) is 0. The van der Waals surface area contributed by atoms with Crippen LogP contribution < -0.4 is 0 Å². The summed E-state index contributed by atoms with van der Waals surface area (Å²) in [4.78, 5) is 0.917. The minimum absolute atomic E-state index is 0.576. The summed E-state index contributed by atoms with van der Waals surface area (Å²) in [5.74, 6) is 0. The summed E-state index contributed by atoms with van der Waals surface area (Å²) in [5, 5.41) is 17.0. The number of thiophene rings is 1. The fourth-order valence-corrected chi connectivity index (χ4v) is 1.40. The Morgan fingerprint density at radius 1 is 1.67 bits per heavy atom. The van der Waals surface area contributed by atoms with Crippen molar-refractivity contribution in [3.63, 3.8) is 0 Å². The first-order chi connectivity index (χ1) is 5.70. The Kier molecular flexibility index (Phi) is 3.25. The highest BCUT2D eigenvalue weighted by molar-refractivity contribution is 7.10. The van der Waals surface area contributed by atoms with Gasteiger partial charge in [-0.1, -0.05) is 6.07 Å². The van der Waals surface area contributed by atoms with E-state index in [1.807, 2.05) is 31.6 Å². The van der Waals surface area contributed by atoms with E-state index in [9.17, 15) is 5.11 Å². The highest BCUT2D eigenvalue weighted by Gasteiger charge is 2.03. The van der Waals surface area contributed by atoms with Gasteiger partial charge in [-0.15, -0.1) is 11.3 Å². The first-order valence-corrected chi connectivity index (χ1v) is 4.51. The van der Waals surface area contributed by atoms with Gasteiger partial charge >= 0.3 is 0 Å². The summed E-state index contributed by atoms with van der Waals surface area (Å²) in [6.45, 7) is 0. The SMILES string of the molecule is CN(C)/N=C/C(O)c1cccs1. The minimum atomic E-state index is -0.576. The van der Waals surface area contributed by atoms with E-state index < -0.39 is 6.10 Å². The first-order valence-electron chi connectivity index (χ1n) is 3.63. The average Bonchev–Trinajstić information content (AvgIpc) is 2.51. The Balaban J connectivity index is 2.55. The molecule has 3 nitrogen and oxygen atoms in total. The van der Waals surface area contributed by atoms with E-state index in [1.54, 1.807) is 5.01 Å². The van der Waals surface area contributed by atoms with Gasteiger partial charge in [0.2, 0.25) is 0 Å². The van der Waals surface area contributed by atoms with Gasteiger partial charge in [0, 0.05) is 19.0 Å². The molecular weight excluding hydrogens is 172 g/mol. The van der Waals surface area contributed by atoms with Crippen LogP contribution in [0.15, 0.2) is 22.6 Å². The molecule has 0 fully saturated rings. The highest BCUT2D eigenvalue weighted by atomic mass is 32.1. The Morgan fingerprint density at radius 2 is 2.42 bits per heavy atom. The molecule has 1 N–H and O–H groups in total. The second-order valence-electron chi connectivity index (χ2n) is 2.57. The van der Waals surface area contributed by atoms with Crippen molar-refractivity contribution in [3.05, 3.63) is 22.4 Å². The largest absolute Gasteiger partial charge is 0.382 e. The maximum Gasteiger partial charge on any atom is 0.125 e. The maximum absolute atomic E-state index is 9.49. The topological polar surface area (TPSA) is 35.8 Å². The van der Waals surface area contributed by atoms with Crippen LogP contribution >= 0.6 is 11.3 Å². The predicted octanol–water partition coefficient (Wildman–Crippen LogP) is 1.33. The fourth-order valence-electron chi connectivity index (χ4n) is 0.730. The number of aliphatic hydroxyl groups is 1. The zero-order valence-electron chi connectivity index (χ0n) is 7.14. The summed E-state index contributed by atoms with van der Waals surface area (Å²) in [7, 11) is 3.63. The van der Waals surface area contributed by atoms with Crippen LogP contribution in [0.3, 0.4) is 0 Å². The molecule has 1 aromatic rings. The minimum Gasteiger partial charge on any atom is -0.382 e. The monoisotopic (exact) mass is 184 g/mol.